The SMILES string of the molecule is O=C(c1ccccc1)N(CCl)c1cc(Cl)c(N(CCl)C(=O)c2ccccc2)cc1Cl. The molecule has 0 spiro atoms. The highest BCUT2D eigenvalue weighted by molar-refractivity contribution is 6.39. The first-order chi connectivity index (χ1) is 14.5. The molecule has 0 radical (unpaired) electrons. The zero-order valence-electron chi connectivity index (χ0n) is 15.6. The normalized spacial score (nSPS) is 10.5. The molecule has 0 fully saturated rings. The van der Waals surface area contributed by atoms with Gasteiger partial charge < -0.3 is 0 Å². The van der Waals surface area contributed by atoms with Crippen molar-refractivity contribution in [1.82, 2.24) is 0 Å². The van der Waals surface area contributed by atoms with Crippen molar-refractivity contribution in [3.8, 4) is 0 Å². The van der Waals surface area contributed by atoms with Crippen molar-refractivity contribution in [1.29, 1.82) is 0 Å². The topological polar surface area (TPSA) is 40.6 Å². The van der Waals surface area contributed by atoms with Crippen LogP contribution in [-0.2, 0) is 0 Å². The van der Waals surface area contributed by atoms with E-state index in [0.717, 1.165) is 0 Å². The van der Waals surface area contributed by atoms with Crippen molar-refractivity contribution in [2.24, 2.45) is 0 Å². The molecular formula is C22H16Cl4N2O2. The Bertz CT molecular complexity index is 961. The maximum absolute atomic E-state index is 12.9. The number of rotatable bonds is 6. The highest BCUT2D eigenvalue weighted by Crippen LogP contribution is 2.38. The number of halogens is 4. The molecule has 0 aliphatic rings. The molecule has 3 aromatic rings. The largest absolute Gasteiger partial charge is 0.293 e. The molecule has 0 aliphatic heterocycles. The smallest absolute Gasteiger partial charge is 0.259 e. The summed E-state index contributed by atoms with van der Waals surface area (Å²) < 4.78 is 0. The van der Waals surface area contributed by atoms with E-state index >= 15 is 0 Å². The lowest BCUT2D eigenvalue weighted by Crippen LogP contribution is -2.31. The first kappa shape index (κ1) is 22.4. The van der Waals surface area contributed by atoms with Crippen LogP contribution < -0.4 is 9.80 Å². The van der Waals surface area contributed by atoms with E-state index in [1.165, 1.54) is 21.9 Å². The molecule has 0 N–H and O–H groups in total. The number of amides is 2. The van der Waals surface area contributed by atoms with Crippen LogP contribution in [0.25, 0.3) is 0 Å². The molecule has 4 nitrogen and oxygen atoms in total. The number of carbonyl (C=O) groups is 2. The molecular weight excluding hydrogens is 466 g/mol. The molecule has 0 aliphatic carbocycles. The van der Waals surface area contributed by atoms with E-state index < -0.39 is 0 Å². The van der Waals surface area contributed by atoms with Gasteiger partial charge in [-0.3, -0.25) is 19.4 Å². The molecule has 2 amide bonds. The van der Waals surface area contributed by atoms with Gasteiger partial charge in [0.1, 0.15) is 12.0 Å². The molecule has 3 rings (SSSR count). The van der Waals surface area contributed by atoms with E-state index in [0.29, 0.717) is 22.5 Å². The second-order valence-corrected chi connectivity index (χ2v) is 7.48. The van der Waals surface area contributed by atoms with Gasteiger partial charge in [0, 0.05) is 11.1 Å². The Morgan fingerprint density at radius 3 is 1.27 bits per heavy atom. The van der Waals surface area contributed by atoms with Crippen molar-refractivity contribution in [2.75, 3.05) is 21.8 Å². The number of alkyl halides is 2. The molecule has 0 unspecified atom stereocenters. The van der Waals surface area contributed by atoms with Crippen LogP contribution in [0.15, 0.2) is 72.8 Å². The third-order valence-corrected chi connectivity index (χ3v) is 5.45. The van der Waals surface area contributed by atoms with Crippen LogP contribution >= 0.6 is 46.4 Å². The van der Waals surface area contributed by atoms with Gasteiger partial charge in [-0.2, -0.15) is 0 Å². The second kappa shape index (κ2) is 10.2. The predicted molar refractivity (Wildman–Crippen MR) is 124 cm³/mol. The minimum atomic E-state index is -0.328. The number of anilines is 2. The molecule has 0 saturated heterocycles. The minimum absolute atomic E-state index is 0.134. The second-order valence-electron chi connectivity index (χ2n) is 6.19. The summed E-state index contributed by atoms with van der Waals surface area (Å²) in [4.78, 5) is 28.3. The van der Waals surface area contributed by atoms with Crippen molar-refractivity contribution in [3.63, 3.8) is 0 Å². The van der Waals surface area contributed by atoms with Crippen LogP contribution in [0.3, 0.4) is 0 Å². The zero-order chi connectivity index (χ0) is 21.7. The minimum Gasteiger partial charge on any atom is -0.293 e. The number of carbonyl (C=O) groups excluding carboxylic acids is 2. The van der Waals surface area contributed by atoms with Gasteiger partial charge in [0.15, 0.2) is 0 Å². The molecule has 0 bridgehead atoms. The predicted octanol–water partition coefficient (Wildman–Crippen LogP) is 6.68. The number of hydrogen-bond acceptors (Lipinski definition) is 2. The van der Waals surface area contributed by atoms with Crippen LogP contribution in [0.2, 0.25) is 10.0 Å². The maximum atomic E-state index is 12.9. The fourth-order valence-corrected chi connectivity index (χ4v) is 3.86. The summed E-state index contributed by atoms with van der Waals surface area (Å²) in [7, 11) is 0. The summed E-state index contributed by atoms with van der Waals surface area (Å²) in [5, 5.41) is 0.408. The highest BCUT2D eigenvalue weighted by Gasteiger charge is 2.24. The van der Waals surface area contributed by atoms with Crippen molar-refractivity contribution in [3.05, 3.63) is 94.0 Å². The standard InChI is InChI=1S/C22H16Cl4N2O2/c23-13-27(21(29)15-7-3-1-4-8-15)19-11-18(26)20(12-17(19)25)28(14-24)22(30)16-9-5-2-6-10-16/h1-12H,13-14H2. The van der Waals surface area contributed by atoms with Crippen LogP contribution in [0, 0.1) is 0 Å². The van der Waals surface area contributed by atoms with Gasteiger partial charge in [0.2, 0.25) is 0 Å². The van der Waals surface area contributed by atoms with Crippen molar-refractivity contribution in [2.45, 2.75) is 0 Å². The molecule has 8 heteroatoms. The Labute approximate surface area is 194 Å². The fourth-order valence-electron chi connectivity index (χ4n) is 2.87. The summed E-state index contributed by atoms with van der Waals surface area (Å²) in [5.74, 6) is -0.656. The Hall–Kier alpha value is -2.24. The van der Waals surface area contributed by atoms with Gasteiger partial charge in [-0.15, -0.1) is 23.2 Å². The van der Waals surface area contributed by atoms with E-state index in [9.17, 15) is 9.59 Å². The third-order valence-electron chi connectivity index (χ3n) is 4.37. The number of nitrogens with zero attached hydrogens (tertiary/aromatic N) is 2. The molecule has 0 atom stereocenters. The molecule has 0 saturated carbocycles. The molecule has 0 heterocycles. The zero-order valence-corrected chi connectivity index (χ0v) is 18.6. The van der Waals surface area contributed by atoms with Gasteiger partial charge in [-0.05, 0) is 36.4 Å². The average molecular weight is 482 g/mol. The third kappa shape index (κ3) is 4.73. The summed E-state index contributed by atoms with van der Waals surface area (Å²) in [6.45, 7) is 0. The van der Waals surface area contributed by atoms with Crippen LogP contribution in [0.1, 0.15) is 20.7 Å². The van der Waals surface area contributed by atoms with Gasteiger partial charge in [-0.1, -0.05) is 59.6 Å². The Morgan fingerprint density at radius 1 is 0.633 bits per heavy atom. The van der Waals surface area contributed by atoms with E-state index in [1.807, 2.05) is 12.1 Å². The summed E-state index contributed by atoms with van der Waals surface area (Å²) in [6.07, 6.45) is 0. The van der Waals surface area contributed by atoms with Crippen LogP contribution in [0.5, 0.6) is 0 Å². The van der Waals surface area contributed by atoms with Gasteiger partial charge in [0.25, 0.3) is 11.8 Å². The first-order valence-electron chi connectivity index (χ1n) is 8.82. The van der Waals surface area contributed by atoms with Gasteiger partial charge in [0.05, 0.1) is 21.4 Å². The lowest BCUT2D eigenvalue weighted by atomic mass is 10.1. The van der Waals surface area contributed by atoms with Crippen LogP contribution in [0.4, 0.5) is 11.4 Å². The molecule has 3 aromatic carbocycles. The maximum Gasteiger partial charge on any atom is 0.259 e. The number of hydrogen-bond donors (Lipinski definition) is 0. The molecule has 154 valence electrons. The van der Waals surface area contributed by atoms with Crippen LogP contribution in [-0.4, -0.2) is 23.8 Å². The van der Waals surface area contributed by atoms with E-state index in [4.69, 9.17) is 46.4 Å². The van der Waals surface area contributed by atoms with Gasteiger partial charge in [-0.25, -0.2) is 0 Å². The quantitative estimate of drug-likeness (QED) is 0.291. The number of benzene rings is 3. The summed E-state index contributed by atoms with van der Waals surface area (Å²) in [5.41, 5.74) is 1.57. The Balaban J connectivity index is 1.98. The summed E-state index contributed by atoms with van der Waals surface area (Å²) in [6, 6.07) is 20.1. The fraction of sp³-hybridized carbons (Fsp3) is 0.0909. The van der Waals surface area contributed by atoms with E-state index in [-0.39, 0.29) is 33.9 Å². The molecule has 0 aromatic heterocycles. The van der Waals surface area contributed by atoms with Crippen molar-refractivity contribution >= 4 is 69.6 Å². The lowest BCUT2D eigenvalue weighted by Gasteiger charge is -2.25. The Morgan fingerprint density at radius 2 is 0.967 bits per heavy atom. The highest BCUT2D eigenvalue weighted by atomic mass is 35.5. The first-order valence-corrected chi connectivity index (χ1v) is 10.6. The van der Waals surface area contributed by atoms with Crippen molar-refractivity contribution < 1.29 is 9.59 Å². The Kier molecular flexibility index (Phi) is 7.62. The van der Waals surface area contributed by atoms with E-state index in [1.54, 1.807) is 48.5 Å². The van der Waals surface area contributed by atoms with E-state index in [2.05, 4.69) is 0 Å². The summed E-state index contributed by atoms with van der Waals surface area (Å²) >= 11 is 25.0. The van der Waals surface area contributed by atoms with Gasteiger partial charge >= 0.3 is 0 Å². The molecule has 30 heavy (non-hydrogen) atoms. The lowest BCUT2D eigenvalue weighted by molar-refractivity contribution is 0.0983. The monoisotopic (exact) mass is 480 g/mol. The average Bonchev–Trinajstić information content (AvgIpc) is 2.78.